The monoisotopic (exact) mass is 375 g/mol. The normalized spacial score (nSPS) is 43.2. The van der Waals surface area contributed by atoms with Gasteiger partial charge in [0.2, 0.25) is 5.28 Å². The van der Waals surface area contributed by atoms with Crippen LogP contribution in [0.5, 0.6) is 0 Å². The third-order valence-electron chi connectivity index (χ3n) is 7.24. The first-order chi connectivity index (χ1) is 12.6. The Morgan fingerprint density at radius 2 is 1.96 bits per heavy atom. The predicted octanol–water partition coefficient (Wildman–Crippen LogP) is 1.99. The van der Waals surface area contributed by atoms with E-state index < -0.39 is 12.2 Å². The number of halogens is 1. The molecule has 7 nitrogen and oxygen atoms in total. The molecule has 2 bridgehead atoms. The lowest BCUT2D eigenvalue weighted by Gasteiger charge is -2.24. The van der Waals surface area contributed by atoms with Crippen LogP contribution in [0.3, 0.4) is 0 Å². The van der Waals surface area contributed by atoms with Crippen LogP contribution in [0.15, 0.2) is 6.33 Å². The quantitative estimate of drug-likeness (QED) is 0.710. The first-order valence-electron chi connectivity index (χ1n) is 9.63. The van der Waals surface area contributed by atoms with E-state index in [0.29, 0.717) is 28.9 Å². The summed E-state index contributed by atoms with van der Waals surface area (Å²) in [6.07, 6.45) is 6.34. The third kappa shape index (κ3) is 2.11. The van der Waals surface area contributed by atoms with Crippen LogP contribution in [0, 0.1) is 23.7 Å². The molecular formula is C18H22ClN5O2. The first-order valence-corrected chi connectivity index (χ1v) is 10.0. The number of aromatic nitrogens is 4. The van der Waals surface area contributed by atoms with Gasteiger partial charge in [-0.3, -0.25) is 0 Å². The van der Waals surface area contributed by atoms with Gasteiger partial charge in [-0.1, -0.05) is 6.42 Å². The zero-order valence-corrected chi connectivity index (χ0v) is 15.0. The summed E-state index contributed by atoms with van der Waals surface area (Å²) >= 11 is 6.22. The summed E-state index contributed by atoms with van der Waals surface area (Å²) in [5.41, 5.74) is 1.34. The minimum atomic E-state index is -0.785. The molecule has 26 heavy (non-hydrogen) atoms. The number of aliphatic hydroxyl groups is 2. The van der Waals surface area contributed by atoms with E-state index in [1.54, 1.807) is 6.33 Å². The summed E-state index contributed by atoms with van der Waals surface area (Å²) in [5.74, 6) is 2.72. The van der Waals surface area contributed by atoms with Crippen molar-refractivity contribution >= 4 is 28.6 Å². The van der Waals surface area contributed by atoms with E-state index in [1.165, 1.54) is 25.7 Å². The number of anilines is 1. The molecule has 2 heterocycles. The van der Waals surface area contributed by atoms with Crippen molar-refractivity contribution in [2.24, 2.45) is 23.7 Å². The molecule has 4 saturated carbocycles. The van der Waals surface area contributed by atoms with Crippen LogP contribution in [0.1, 0.15) is 38.1 Å². The van der Waals surface area contributed by atoms with Crippen LogP contribution in [-0.2, 0) is 0 Å². The maximum atomic E-state index is 10.4. The Hall–Kier alpha value is -1.44. The molecule has 4 aliphatic rings. The van der Waals surface area contributed by atoms with Crippen LogP contribution in [0.25, 0.3) is 11.2 Å². The van der Waals surface area contributed by atoms with Gasteiger partial charge in [0.05, 0.1) is 18.5 Å². The molecule has 0 unspecified atom stereocenters. The molecule has 0 aromatic carbocycles. The zero-order valence-electron chi connectivity index (χ0n) is 14.3. The fourth-order valence-corrected chi connectivity index (χ4v) is 6.07. The SMILES string of the molecule is O[C@@H]1[C@H](O)[C@@H]2C[C@@H]2[C@H]1n1cnc2c(N[C@H]3C[C@H]4CC[C@H]3C4)nc(Cl)nc21. The summed E-state index contributed by atoms with van der Waals surface area (Å²) < 4.78 is 1.89. The van der Waals surface area contributed by atoms with Crippen molar-refractivity contribution in [3.8, 4) is 0 Å². The highest BCUT2D eigenvalue weighted by molar-refractivity contribution is 6.28. The molecule has 2 aromatic heterocycles. The van der Waals surface area contributed by atoms with Crippen molar-refractivity contribution in [1.82, 2.24) is 19.5 Å². The van der Waals surface area contributed by atoms with E-state index in [-0.39, 0.29) is 23.2 Å². The molecule has 0 aliphatic heterocycles. The highest BCUT2D eigenvalue weighted by Crippen LogP contribution is 2.58. The smallest absolute Gasteiger partial charge is 0.226 e. The molecule has 0 spiro atoms. The Labute approximate surface area is 155 Å². The van der Waals surface area contributed by atoms with Gasteiger partial charge in [-0.05, 0) is 61.0 Å². The maximum absolute atomic E-state index is 10.4. The Balaban J connectivity index is 1.38. The van der Waals surface area contributed by atoms with Gasteiger partial charge in [-0.2, -0.15) is 9.97 Å². The van der Waals surface area contributed by atoms with Crippen molar-refractivity contribution < 1.29 is 10.2 Å². The number of hydrogen-bond donors (Lipinski definition) is 3. The minimum absolute atomic E-state index is 0.185. The van der Waals surface area contributed by atoms with Gasteiger partial charge in [0.15, 0.2) is 17.0 Å². The molecule has 2 aromatic rings. The molecule has 6 rings (SSSR count). The van der Waals surface area contributed by atoms with Crippen LogP contribution < -0.4 is 5.32 Å². The highest BCUT2D eigenvalue weighted by atomic mass is 35.5. The Kier molecular flexibility index (Phi) is 3.18. The van der Waals surface area contributed by atoms with E-state index in [2.05, 4.69) is 20.3 Å². The number of aliphatic hydroxyl groups excluding tert-OH is 2. The standard InChI is InChI=1S/C18H22ClN5O2/c19-18-22-16(21-11-4-7-1-2-8(11)3-7)12-17(23-18)24(6-20-12)13-9-5-10(9)14(25)15(13)26/h6-11,13-15,25-26H,1-5H2,(H,21,22,23)/t7-,8-,9-,10+,11-,13+,14+,15-/m0/s1. The minimum Gasteiger partial charge on any atom is -0.390 e. The van der Waals surface area contributed by atoms with E-state index in [0.717, 1.165) is 12.3 Å². The van der Waals surface area contributed by atoms with Crippen LogP contribution in [-0.4, -0.2) is 48.0 Å². The van der Waals surface area contributed by atoms with Gasteiger partial charge in [0, 0.05) is 6.04 Å². The first kappa shape index (κ1) is 15.6. The molecule has 8 heteroatoms. The predicted molar refractivity (Wildman–Crippen MR) is 95.8 cm³/mol. The van der Waals surface area contributed by atoms with Gasteiger partial charge in [-0.25, -0.2) is 4.98 Å². The largest absolute Gasteiger partial charge is 0.390 e. The number of nitrogens with zero attached hydrogens (tertiary/aromatic N) is 4. The molecule has 138 valence electrons. The average molecular weight is 376 g/mol. The Morgan fingerprint density at radius 3 is 2.65 bits per heavy atom. The topological polar surface area (TPSA) is 96.1 Å². The van der Waals surface area contributed by atoms with E-state index in [1.807, 2.05) is 4.57 Å². The maximum Gasteiger partial charge on any atom is 0.226 e. The molecule has 4 fully saturated rings. The molecule has 8 atom stereocenters. The summed E-state index contributed by atoms with van der Waals surface area (Å²) in [5, 5.41) is 24.4. The van der Waals surface area contributed by atoms with Crippen LogP contribution >= 0.6 is 11.6 Å². The molecule has 0 amide bonds. The zero-order chi connectivity index (χ0) is 17.6. The van der Waals surface area contributed by atoms with E-state index in [4.69, 9.17) is 11.6 Å². The summed E-state index contributed by atoms with van der Waals surface area (Å²) in [6.45, 7) is 0. The van der Waals surface area contributed by atoms with Crippen molar-refractivity contribution in [3.63, 3.8) is 0 Å². The molecule has 0 saturated heterocycles. The number of imidazole rings is 1. The molecule has 4 aliphatic carbocycles. The fraction of sp³-hybridized carbons (Fsp3) is 0.722. The van der Waals surface area contributed by atoms with E-state index in [9.17, 15) is 10.2 Å². The van der Waals surface area contributed by atoms with Gasteiger partial charge in [0.1, 0.15) is 6.10 Å². The van der Waals surface area contributed by atoms with Gasteiger partial charge >= 0.3 is 0 Å². The third-order valence-corrected chi connectivity index (χ3v) is 7.41. The summed E-state index contributed by atoms with van der Waals surface area (Å²) in [7, 11) is 0. The Morgan fingerprint density at radius 1 is 1.08 bits per heavy atom. The van der Waals surface area contributed by atoms with E-state index >= 15 is 0 Å². The average Bonchev–Trinajstić information content (AvgIpc) is 2.92. The second-order valence-corrected chi connectivity index (χ2v) is 8.96. The lowest BCUT2D eigenvalue weighted by Crippen LogP contribution is -2.31. The Bertz CT molecular complexity index is 888. The van der Waals surface area contributed by atoms with Crippen molar-refractivity contribution in [1.29, 1.82) is 0 Å². The lowest BCUT2D eigenvalue weighted by molar-refractivity contribution is 0.00386. The summed E-state index contributed by atoms with van der Waals surface area (Å²) in [6, 6.07) is 0.237. The molecule has 0 radical (unpaired) electrons. The number of nitrogens with one attached hydrogen (secondary N) is 1. The van der Waals surface area contributed by atoms with Crippen molar-refractivity contribution in [2.45, 2.75) is 56.4 Å². The fourth-order valence-electron chi connectivity index (χ4n) is 5.91. The molecule has 3 N–H and O–H groups in total. The van der Waals surface area contributed by atoms with Crippen LogP contribution in [0.2, 0.25) is 5.28 Å². The number of rotatable bonds is 3. The van der Waals surface area contributed by atoms with Crippen LogP contribution in [0.4, 0.5) is 5.82 Å². The second kappa shape index (κ2) is 5.30. The van der Waals surface area contributed by atoms with Crippen molar-refractivity contribution in [2.75, 3.05) is 5.32 Å². The number of hydrogen-bond acceptors (Lipinski definition) is 6. The van der Waals surface area contributed by atoms with Gasteiger partial charge in [-0.15, -0.1) is 0 Å². The lowest BCUT2D eigenvalue weighted by atomic mass is 9.95. The van der Waals surface area contributed by atoms with Gasteiger partial charge in [0.25, 0.3) is 0 Å². The van der Waals surface area contributed by atoms with Gasteiger partial charge < -0.3 is 20.1 Å². The molecular weight excluding hydrogens is 354 g/mol. The number of fused-ring (bicyclic) bond motifs is 4. The highest BCUT2D eigenvalue weighted by Gasteiger charge is 2.60. The summed E-state index contributed by atoms with van der Waals surface area (Å²) in [4.78, 5) is 13.4. The van der Waals surface area contributed by atoms with Crippen molar-refractivity contribution in [3.05, 3.63) is 11.6 Å². The second-order valence-electron chi connectivity index (χ2n) is 8.63.